The van der Waals surface area contributed by atoms with Gasteiger partial charge in [0.25, 0.3) is 0 Å². The molecule has 0 atom stereocenters. The number of nitrogens with one attached hydrogen (secondary N) is 1. The number of hydrogen-bond donors (Lipinski definition) is 2. The van der Waals surface area contributed by atoms with Gasteiger partial charge < -0.3 is 15.4 Å². The number of amides is 1. The molecule has 1 aromatic rings. The van der Waals surface area contributed by atoms with Crippen LogP contribution in [0.2, 0.25) is 0 Å². The zero-order valence-corrected chi connectivity index (χ0v) is 11.2. The number of carbonyl (C=O) groups is 1. The van der Waals surface area contributed by atoms with Crippen LogP contribution in [0, 0.1) is 5.92 Å². The van der Waals surface area contributed by atoms with Gasteiger partial charge in [0.15, 0.2) is 0 Å². The Morgan fingerprint density at radius 1 is 1.53 bits per heavy atom. The molecule has 8 heteroatoms. The largest absolute Gasteiger partial charge is 0.383 e. The minimum Gasteiger partial charge on any atom is -0.383 e. The minimum atomic E-state index is -0.177. The Morgan fingerprint density at radius 3 is 2.89 bits per heavy atom. The quantitative estimate of drug-likeness (QED) is 0.599. The van der Waals surface area contributed by atoms with Crippen molar-refractivity contribution >= 4 is 5.91 Å². The van der Waals surface area contributed by atoms with Crippen molar-refractivity contribution < 1.29 is 14.4 Å². The molecule has 3 N–H and O–H groups in total. The van der Waals surface area contributed by atoms with E-state index in [1.165, 1.54) is 4.90 Å². The van der Waals surface area contributed by atoms with Crippen LogP contribution < -0.4 is 10.6 Å². The fourth-order valence-electron chi connectivity index (χ4n) is 2.41. The van der Waals surface area contributed by atoms with Crippen molar-refractivity contribution in [3.8, 4) is 0 Å². The molecule has 106 valence electrons. The average molecular weight is 269 g/mol. The monoisotopic (exact) mass is 269 g/mol. The third-order valence-electron chi connectivity index (χ3n) is 3.62. The van der Waals surface area contributed by atoms with Crippen molar-refractivity contribution in [3.63, 3.8) is 0 Å². The van der Waals surface area contributed by atoms with Gasteiger partial charge in [0.05, 0.1) is 26.2 Å². The van der Waals surface area contributed by atoms with E-state index in [9.17, 15) is 4.79 Å². The van der Waals surface area contributed by atoms with Gasteiger partial charge in [-0.3, -0.25) is 4.79 Å². The summed E-state index contributed by atoms with van der Waals surface area (Å²) in [7, 11) is 1.66. The number of ether oxygens (including phenoxy) is 1. The number of nitrogens with two attached hydrogens (primary N) is 1. The summed E-state index contributed by atoms with van der Waals surface area (Å²) in [6.45, 7) is 3.91. The summed E-state index contributed by atoms with van der Waals surface area (Å²) in [5.41, 5.74) is 5.33. The van der Waals surface area contributed by atoms with Crippen LogP contribution in [0.15, 0.2) is 0 Å². The molecule has 1 amide bonds. The van der Waals surface area contributed by atoms with Crippen LogP contribution in [0.5, 0.6) is 0 Å². The molecule has 0 spiro atoms. The molecule has 1 saturated heterocycles. The second-order valence-corrected chi connectivity index (χ2v) is 4.91. The summed E-state index contributed by atoms with van der Waals surface area (Å²) in [6.07, 6.45) is 1.70. The third-order valence-corrected chi connectivity index (χ3v) is 3.62. The third kappa shape index (κ3) is 3.71. The van der Waals surface area contributed by atoms with Crippen LogP contribution in [0.1, 0.15) is 18.7 Å². The molecular weight excluding hydrogens is 248 g/mol. The first-order chi connectivity index (χ1) is 9.20. The molecule has 2 rings (SSSR count). The Hall–Kier alpha value is -1.54. The van der Waals surface area contributed by atoms with Gasteiger partial charge in [-0.15, -0.1) is 5.10 Å². The van der Waals surface area contributed by atoms with Crippen molar-refractivity contribution in [2.75, 3.05) is 26.8 Å². The lowest BCUT2D eigenvalue weighted by molar-refractivity contribution is -0.920. The maximum atomic E-state index is 11.1. The van der Waals surface area contributed by atoms with E-state index in [2.05, 4.69) is 15.5 Å². The number of tetrazole rings is 1. The van der Waals surface area contributed by atoms with E-state index in [-0.39, 0.29) is 11.8 Å². The van der Waals surface area contributed by atoms with Gasteiger partial charge in [-0.1, -0.05) is 0 Å². The highest BCUT2D eigenvalue weighted by molar-refractivity contribution is 5.76. The second kappa shape index (κ2) is 6.58. The zero-order chi connectivity index (χ0) is 13.7. The van der Waals surface area contributed by atoms with Crippen LogP contribution >= 0.6 is 0 Å². The highest BCUT2D eigenvalue weighted by Gasteiger charge is 2.26. The maximum absolute atomic E-state index is 11.1. The summed E-state index contributed by atoms with van der Waals surface area (Å²) in [6, 6.07) is 0. The number of methoxy groups -OCH3 is 1. The van der Waals surface area contributed by atoms with Crippen LogP contribution in [0.4, 0.5) is 0 Å². The molecule has 8 nitrogen and oxygen atoms in total. The Morgan fingerprint density at radius 2 is 2.26 bits per heavy atom. The Bertz CT molecular complexity index is 413. The van der Waals surface area contributed by atoms with E-state index in [1.54, 1.807) is 11.8 Å². The molecule has 1 aromatic heterocycles. The van der Waals surface area contributed by atoms with Crippen molar-refractivity contribution in [2.24, 2.45) is 11.7 Å². The molecule has 0 radical (unpaired) electrons. The number of piperidine rings is 1. The Kier molecular flexibility index (Phi) is 4.80. The number of quaternary nitrogens is 1. The topological polar surface area (TPSA) is 100 Å². The fourth-order valence-corrected chi connectivity index (χ4v) is 2.41. The van der Waals surface area contributed by atoms with Gasteiger partial charge >= 0.3 is 0 Å². The molecule has 0 saturated carbocycles. The van der Waals surface area contributed by atoms with E-state index >= 15 is 0 Å². The first-order valence-electron chi connectivity index (χ1n) is 6.57. The highest BCUT2D eigenvalue weighted by Crippen LogP contribution is 2.08. The average Bonchev–Trinajstić information content (AvgIpc) is 2.84. The van der Waals surface area contributed by atoms with Gasteiger partial charge in [-0.2, -0.15) is 0 Å². The standard InChI is InChI=1S/C11H20N6O2/c1-19-7-6-17-10(13-14-15-17)8-16-4-2-9(3-5-16)11(12)18/h9H,2-8H2,1H3,(H2,12,18)/p+1. The van der Waals surface area contributed by atoms with Crippen LogP contribution in [0.3, 0.4) is 0 Å². The van der Waals surface area contributed by atoms with E-state index in [4.69, 9.17) is 10.5 Å². The second-order valence-electron chi connectivity index (χ2n) is 4.91. The number of nitrogens with zero attached hydrogens (tertiary/aromatic N) is 4. The zero-order valence-electron chi connectivity index (χ0n) is 11.2. The molecule has 0 aromatic carbocycles. The number of likely N-dealkylation sites (tertiary alicyclic amines) is 1. The van der Waals surface area contributed by atoms with E-state index in [1.807, 2.05) is 0 Å². The normalized spacial score (nSPS) is 23.4. The van der Waals surface area contributed by atoms with Gasteiger partial charge in [-0.25, -0.2) is 4.68 Å². The molecule has 0 bridgehead atoms. The SMILES string of the molecule is COCCn1nnnc1C[NH+]1CCC(C(N)=O)CC1. The fraction of sp³-hybridized carbons (Fsp3) is 0.818. The first-order valence-corrected chi connectivity index (χ1v) is 6.57. The summed E-state index contributed by atoms with van der Waals surface area (Å²) in [5, 5.41) is 11.7. The maximum Gasteiger partial charge on any atom is 0.220 e. The predicted molar refractivity (Wildman–Crippen MR) is 66.0 cm³/mol. The summed E-state index contributed by atoms with van der Waals surface area (Å²) in [4.78, 5) is 12.5. The molecule has 0 aliphatic carbocycles. The number of primary amides is 1. The predicted octanol–water partition coefficient (Wildman–Crippen LogP) is -2.40. The number of carbonyl (C=O) groups excluding carboxylic acids is 1. The number of rotatable bonds is 6. The molecule has 1 fully saturated rings. The first kappa shape index (κ1) is 13.9. The van der Waals surface area contributed by atoms with E-state index in [0.29, 0.717) is 13.2 Å². The minimum absolute atomic E-state index is 0.0354. The van der Waals surface area contributed by atoms with Crippen LogP contribution in [-0.2, 0) is 22.6 Å². The summed E-state index contributed by atoms with van der Waals surface area (Å²) in [5.74, 6) is 0.724. The van der Waals surface area contributed by atoms with E-state index < -0.39 is 0 Å². The molecule has 19 heavy (non-hydrogen) atoms. The van der Waals surface area contributed by atoms with Crippen LogP contribution in [-0.4, -0.2) is 52.9 Å². The van der Waals surface area contributed by atoms with Crippen molar-refractivity contribution in [2.45, 2.75) is 25.9 Å². The van der Waals surface area contributed by atoms with Gasteiger partial charge in [0.1, 0.15) is 6.54 Å². The van der Waals surface area contributed by atoms with Crippen LogP contribution in [0.25, 0.3) is 0 Å². The van der Waals surface area contributed by atoms with E-state index in [0.717, 1.165) is 38.3 Å². The van der Waals surface area contributed by atoms with Gasteiger partial charge in [0, 0.05) is 25.9 Å². The highest BCUT2D eigenvalue weighted by atomic mass is 16.5. The van der Waals surface area contributed by atoms with Gasteiger partial charge in [0.2, 0.25) is 11.7 Å². The molecule has 0 unspecified atom stereocenters. The number of aromatic nitrogens is 4. The molecule has 2 heterocycles. The molecule has 1 aliphatic heterocycles. The Labute approximate surface area is 111 Å². The van der Waals surface area contributed by atoms with Gasteiger partial charge in [-0.05, 0) is 10.4 Å². The van der Waals surface area contributed by atoms with Crippen molar-refractivity contribution in [1.82, 2.24) is 20.2 Å². The Balaban J connectivity index is 1.85. The lowest BCUT2D eigenvalue weighted by Gasteiger charge is -2.27. The molecule has 1 aliphatic rings. The number of hydrogen-bond acceptors (Lipinski definition) is 5. The van der Waals surface area contributed by atoms with Crippen molar-refractivity contribution in [1.29, 1.82) is 0 Å². The smallest absolute Gasteiger partial charge is 0.220 e. The molecular formula is C11H21N6O2+. The summed E-state index contributed by atoms with van der Waals surface area (Å²) >= 11 is 0. The lowest BCUT2D eigenvalue weighted by Crippen LogP contribution is -3.12. The lowest BCUT2D eigenvalue weighted by atomic mass is 9.96. The summed E-state index contributed by atoms with van der Waals surface area (Å²) < 4.78 is 6.80. The van der Waals surface area contributed by atoms with Crippen molar-refractivity contribution in [3.05, 3.63) is 5.82 Å².